The number of carbonyl (C=O) groups excluding carboxylic acids is 1. The minimum atomic E-state index is 0.147. The van der Waals surface area contributed by atoms with Gasteiger partial charge < -0.3 is 20.4 Å². The largest absolute Gasteiger partial charge is 0.407 e. The molecule has 0 spiro atoms. The average molecular weight is 267 g/mol. The predicted octanol–water partition coefficient (Wildman–Crippen LogP) is 0.506. The zero-order valence-electron chi connectivity index (χ0n) is 11.4. The first kappa shape index (κ1) is 13.8. The van der Waals surface area contributed by atoms with Crippen LogP contribution in [0.3, 0.4) is 0 Å². The zero-order chi connectivity index (χ0) is 13.7. The highest BCUT2D eigenvalue weighted by Crippen LogP contribution is 2.28. The van der Waals surface area contributed by atoms with Crippen LogP contribution in [0.2, 0.25) is 0 Å². The van der Waals surface area contributed by atoms with E-state index in [-0.39, 0.29) is 11.8 Å². The fraction of sp³-hybridized carbons (Fsp3) is 0.750. The molecular weight excluding hydrogens is 246 g/mol. The standard InChI is InChI=1S/C12H21N5O2/c1-8(2)15-7-10-16-17-12(19-10)14-6-5-13-11(18)9-3-4-9/h8-9,15H,3-7H2,1-2H3,(H,13,18)(H,14,17). The molecule has 7 nitrogen and oxygen atoms in total. The van der Waals surface area contributed by atoms with E-state index in [0.29, 0.717) is 37.6 Å². The highest BCUT2D eigenvalue weighted by Gasteiger charge is 2.28. The van der Waals surface area contributed by atoms with Crippen molar-refractivity contribution in [3.05, 3.63) is 5.89 Å². The van der Waals surface area contributed by atoms with E-state index in [2.05, 4.69) is 40.0 Å². The highest BCUT2D eigenvalue weighted by atomic mass is 16.4. The molecule has 7 heteroatoms. The number of carbonyl (C=O) groups is 1. The molecule has 0 aliphatic heterocycles. The molecule has 1 amide bonds. The number of nitrogens with one attached hydrogen (secondary N) is 3. The van der Waals surface area contributed by atoms with Gasteiger partial charge in [0.2, 0.25) is 11.8 Å². The van der Waals surface area contributed by atoms with Crippen LogP contribution in [0, 0.1) is 5.92 Å². The van der Waals surface area contributed by atoms with Gasteiger partial charge in [-0.15, -0.1) is 5.10 Å². The van der Waals surface area contributed by atoms with Crippen molar-refractivity contribution in [1.29, 1.82) is 0 Å². The second-order valence-electron chi connectivity index (χ2n) is 5.03. The Hall–Kier alpha value is -1.63. The lowest BCUT2D eigenvalue weighted by Crippen LogP contribution is -2.29. The average Bonchev–Trinajstić information content (AvgIpc) is 3.13. The lowest BCUT2D eigenvalue weighted by Gasteiger charge is -2.04. The van der Waals surface area contributed by atoms with Gasteiger partial charge >= 0.3 is 6.01 Å². The van der Waals surface area contributed by atoms with E-state index in [0.717, 1.165) is 12.8 Å². The van der Waals surface area contributed by atoms with Gasteiger partial charge in [-0.05, 0) is 12.8 Å². The number of nitrogens with zero attached hydrogens (tertiary/aromatic N) is 2. The number of amides is 1. The van der Waals surface area contributed by atoms with Crippen LogP contribution in [0.5, 0.6) is 0 Å². The second-order valence-corrected chi connectivity index (χ2v) is 5.03. The summed E-state index contributed by atoms with van der Waals surface area (Å²) in [7, 11) is 0. The molecule has 1 heterocycles. The molecule has 0 atom stereocenters. The summed E-state index contributed by atoms with van der Waals surface area (Å²) in [5, 5.41) is 16.8. The molecule has 1 aliphatic carbocycles. The molecule has 1 fully saturated rings. The van der Waals surface area contributed by atoms with E-state index in [1.807, 2.05) is 0 Å². The van der Waals surface area contributed by atoms with Crippen molar-refractivity contribution in [2.75, 3.05) is 18.4 Å². The Kier molecular flexibility index (Phi) is 4.73. The van der Waals surface area contributed by atoms with E-state index in [1.54, 1.807) is 0 Å². The molecule has 0 radical (unpaired) electrons. The van der Waals surface area contributed by atoms with Crippen molar-refractivity contribution in [2.24, 2.45) is 5.92 Å². The van der Waals surface area contributed by atoms with Crippen molar-refractivity contribution < 1.29 is 9.21 Å². The fourth-order valence-corrected chi connectivity index (χ4v) is 1.53. The van der Waals surface area contributed by atoms with Gasteiger partial charge in [0.1, 0.15) is 0 Å². The molecule has 106 valence electrons. The molecule has 1 saturated carbocycles. The molecule has 2 rings (SSSR count). The summed E-state index contributed by atoms with van der Waals surface area (Å²) in [6, 6.07) is 0.766. The first-order valence-electron chi connectivity index (χ1n) is 6.72. The van der Waals surface area contributed by atoms with Gasteiger partial charge in [0, 0.05) is 25.0 Å². The van der Waals surface area contributed by atoms with Crippen molar-refractivity contribution in [2.45, 2.75) is 39.3 Å². The molecule has 0 bridgehead atoms. The van der Waals surface area contributed by atoms with Crippen molar-refractivity contribution >= 4 is 11.9 Å². The zero-order valence-corrected chi connectivity index (χ0v) is 11.4. The van der Waals surface area contributed by atoms with Gasteiger partial charge in [-0.2, -0.15) is 0 Å². The van der Waals surface area contributed by atoms with Gasteiger partial charge in [0.05, 0.1) is 6.54 Å². The molecule has 0 aromatic carbocycles. The quantitative estimate of drug-likeness (QED) is 0.594. The van der Waals surface area contributed by atoms with Crippen LogP contribution in [0.4, 0.5) is 6.01 Å². The monoisotopic (exact) mass is 267 g/mol. The Bertz CT molecular complexity index is 414. The Morgan fingerprint density at radius 2 is 2.16 bits per heavy atom. The van der Waals surface area contributed by atoms with Crippen LogP contribution in [-0.2, 0) is 11.3 Å². The smallest absolute Gasteiger partial charge is 0.315 e. The minimum absolute atomic E-state index is 0.147. The molecule has 1 aliphatic rings. The van der Waals surface area contributed by atoms with E-state index >= 15 is 0 Å². The van der Waals surface area contributed by atoms with Crippen LogP contribution in [-0.4, -0.2) is 35.2 Å². The lowest BCUT2D eigenvalue weighted by atomic mass is 10.4. The van der Waals surface area contributed by atoms with Gasteiger partial charge in [-0.25, -0.2) is 0 Å². The summed E-state index contributed by atoms with van der Waals surface area (Å²) >= 11 is 0. The SMILES string of the molecule is CC(C)NCc1nnc(NCCNC(=O)C2CC2)o1. The third-order valence-electron chi connectivity index (χ3n) is 2.78. The number of aromatic nitrogens is 2. The van der Waals surface area contributed by atoms with Crippen LogP contribution < -0.4 is 16.0 Å². The van der Waals surface area contributed by atoms with E-state index in [4.69, 9.17) is 4.42 Å². The molecule has 0 unspecified atom stereocenters. The summed E-state index contributed by atoms with van der Waals surface area (Å²) in [5.74, 6) is 0.949. The number of hydrogen-bond donors (Lipinski definition) is 3. The maximum atomic E-state index is 11.4. The van der Waals surface area contributed by atoms with Crippen molar-refractivity contribution in [3.8, 4) is 0 Å². The van der Waals surface area contributed by atoms with Crippen LogP contribution in [0.1, 0.15) is 32.6 Å². The fourth-order valence-electron chi connectivity index (χ4n) is 1.53. The first-order chi connectivity index (χ1) is 9.15. The van der Waals surface area contributed by atoms with Crippen LogP contribution in [0.15, 0.2) is 4.42 Å². The number of rotatable bonds is 8. The van der Waals surface area contributed by atoms with E-state index < -0.39 is 0 Å². The van der Waals surface area contributed by atoms with E-state index in [1.165, 1.54) is 0 Å². The van der Waals surface area contributed by atoms with Crippen molar-refractivity contribution in [1.82, 2.24) is 20.8 Å². The van der Waals surface area contributed by atoms with Crippen molar-refractivity contribution in [3.63, 3.8) is 0 Å². The molecule has 1 aromatic rings. The molecular formula is C12H21N5O2. The molecule has 3 N–H and O–H groups in total. The second kappa shape index (κ2) is 6.51. The summed E-state index contributed by atoms with van der Waals surface area (Å²) in [6.07, 6.45) is 2.05. The third kappa shape index (κ3) is 4.86. The molecule has 1 aromatic heterocycles. The maximum absolute atomic E-state index is 11.4. The highest BCUT2D eigenvalue weighted by molar-refractivity contribution is 5.80. The molecule has 19 heavy (non-hydrogen) atoms. The van der Waals surface area contributed by atoms with Gasteiger partial charge in [-0.1, -0.05) is 18.9 Å². The van der Waals surface area contributed by atoms with Crippen LogP contribution in [0.25, 0.3) is 0 Å². The Morgan fingerprint density at radius 1 is 1.37 bits per heavy atom. The Balaban J connectivity index is 1.61. The van der Waals surface area contributed by atoms with Gasteiger partial charge in [0.25, 0.3) is 0 Å². The third-order valence-corrected chi connectivity index (χ3v) is 2.78. The normalized spacial score (nSPS) is 14.7. The summed E-state index contributed by atoms with van der Waals surface area (Å²) in [6.45, 7) is 5.82. The van der Waals surface area contributed by atoms with E-state index in [9.17, 15) is 4.79 Å². The minimum Gasteiger partial charge on any atom is -0.407 e. The first-order valence-corrected chi connectivity index (χ1v) is 6.72. The number of anilines is 1. The maximum Gasteiger partial charge on any atom is 0.315 e. The summed E-state index contributed by atoms with van der Waals surface area (Å²) < 4.78 is 5.39. The summed E-state index contributed by atoms with van der Waals surface area (Å²) in [5.41, 5.74) is 0. The predicted molar refractivity (Wildman–Crippen MR) is 70.5 cm³/mol. The Labute approximate surface area is 112 Å². The Morgan fingerprint density at radius 3 is 2.84 bits per heavy atom. The topological polar surface area (TPSA) is 92.1 Å². The summed E-state index contributed by atoms with van der Waals surface area (Å²) in [4.78, 5) is 11.4. The van der Waals surface area contributed by atoms with Gasteiger partial charge in [-0.3, -0.25) is 4.79 Å². The number of hydrogen-bond acceptors (Lipinski definition) is 6. The lowest BCUT2D eigenvalue weighted by molar-refractivity contribution is -0.122. The van der Waals surface area contributed by atoms with Crippen LogP contribution >= 0.6 is 0 Å². The van der Waals surface area contributed by atoms with Gasteiger partial charge in [0.15, 0.2) is 0 Å². The molecule has 0 saturated heterocycles.